The molecule has 2 aromatic carbocycles. The average Bonchev–Trinajstić information content (AvgIpc) is 3.67. The number of hydrogen-bond acceptors (Lipinski definition) is 6. The average molecular weight is 501 g/mol. The molecule has 0 bridgehead atoms. The Balaban J connectivity index is 1.83. The van der Waals surface area contributed by atoms with Crippen LogP contribution in [0.15, 0.2) is 72.1 Å². The second kappa shape index (κ2) is 13.0. The number of allylic oxidation sites excluding steroid dienone is 1. The quantitative estimate of drug-likeness (QED) is 0.224. The van der Waals surface area contributed by atoms with Crippen LogP contribution in [-0.4, -0.2) is 35.6 Å². The van der Waals surface area contributed by atoms with Gasteiger partial charge < -0.3 is 25.9 Å². The van der Waals surface area contributed by atoms with Gasteiger partial charge in [0.1, 0.15) is 11.9 Å². The van der Waals surface area contributed by atoms with Crippen LogP contribution in [0, 0.1) is 22.6 Å². The van der Waals surface area contributed by atoms with E-state index in [1.807, 2.05) is 30.3 Å². The van der Waals surface area contributed by atoms with E-state index in [-0.39, 0.29) is 30.2 Å². The minimum atomic E-state index is -3.06. The molecule has 1 saturated carbocycles. The summed E-state index contributed by atoms with van der Waals surface area (Å²) in [6.45, 7) is 2.46. The summed E-state index contributed by atoms with van der Waals surface area (Å²) >= 11 is 0. The van der Waals surface area contributed by atoms with Crippen molar-refractivity contribution in [2.75, 3.05) is 11.9 Å². The van der Waals surface area contributed by atoms with Gasteiger partial charge in [-0.15, -0.1) is 0 Å². The smallest absolute Gasteiger partial charge is 0.279 e. The highest BCUT2D eigenvalue weighted by molar-refractivity contribution is 5.99. The summed E-state index contributed by atoms with van der Waals surface area (Å²) in [6.07, 6.45) is 0.00107. The molecule has 0 saturated heterocycles. The van der Waals surface area contributed by atoms with Crippen LogP contribution in [0.25, 0.3) is 0 Å². The fourth-order valence-corrected chi connectivity index (χ4v) is 3.44. The third kappa shape index (κ3) is 8.35. The first-order valence-corrected chi connectivity index (χ1v) is 11.7. The van der Waals surface area contributed by atoms with E-state index in [0.717, 1.165) is 24.5 Å². The zero-order valence-corrected chi connectivity index (χ0v) is 20.0. The second-order valence-corrected chi connectivity index (χ2v) is 8.74. The Morgan fingerprint density at radius 3 is 2.50 bits per heavy atom. The van der Waals surface area contributed by atoms with Crippen molar-refractivity contribution in [3.8, 4) is 0 Å². The lowest BCUT2D eigenvalue weighted by atomic mass is 10.0. The van der Waals surface area contributed by atoms with E-state index < -0.39 is 24.1 Å². The van der Waals surface area contributed by atoms with E-state index >= 15 is 0 Å². The maximum atomic E-state index is 14.0. The molecule has 0 spiro atoms. The first-order chi connectivity index (χ1) is 17.2. The molecule has 0 aliphatic heterocycles. The van der Waals surface area contributed by atoms with Crippen LogP contribution in [0.5, 0.6) is 0 Å². The Morgan fingerprint density at radius 2 is 1.86 bits per heavy atom. The normalized spacial score (nSPS) is 15.1. The van der Waals surface area contributed by atoms with Crippen LogP contribution < -0.4 is 10.6 Å². The molecule has 0 amide bonds. The maximum Gasteiger partial charge on any atom is 0.279 e. The zero-order chi connectivity index (χ0) is 26.1. The van der Waals surface area contributed by atoms with E-state index in [9.17, 15) is 18.3 Å². The Morgan fingerprint density at radius 1 is 1.14 bits per heavy atom. The molecule has 1 fully saturated rings. The molecule has 3 rings (SSSR count). The van der Waals surface area contributed by atoms with Crippen molar-refractivity contribution >= 4 is 17.1 Å². The first-order valence-electron chi connectivity index (χ1n) is 11.7. The van der Waals surface area contributed by atoms with Gasteiger partial charge in [0.25, 0.3) is 6.43 Å². The van der Waals surface area contributed by atoms with Gasteiger partial charge in [-0.1, -0.05) is 30.3 Å². The Bertz CT molecular complexity index is 1120. The molecule has 9 heteroatoms. The molecule has 0 radical (unpaired) electrons. The molecule has 1 unspecified atom stereocenters. The lowest BCUT2D eigenvalue weighted by Gasteiger charge is -2.22. The lowest BCUT2D eigenvalue weighted by molar-refractivity contribution is 0.107. The highest BCUT2D eigenvalue weighted by Crippen LogP contribution is 2.28. The van der Waals surface area contributed by atoms with E-state index in [0.29, 0.717) is 23.7 Å². The highest BCUT2D eigenvalue weighted by atomic mass is 19.3. The number of nitrogens with one attached hydrogen (secondary N) is 4. The standard InChI is InChI=1S/C27H31F3N4O2/c1-17(31)22(14-33-13-18-7-8-18)26(35)25(12-23(32)27(29)30)34-24-10-9-21(28)11-20(24)16-36-15-19-5-3-2-4-6-19/h2-6,9-12,14,18,26-27,31-35H,7-8,13,15-16H2,1H3/b22-14+,25-12-,31-17?,32-23?. The minimum absolute atomic E-state index is 0.0138. The molecule has 0 aromatic heterocycles. The molecule has 1 atom stereocenters. The second-order valence-electron chi connectivity index (χ2n) is 8.74. The summed E-state index contributed by atoms with van der Waals surface area (Å²) in [7, 11) is 0. The van der Waals surface area contributed by atoms with Gasteiger partial charge in [0.2, 0.25) is 0 Å². The predicted molar refractivity (Wildman–Crippen MR) is 135 cm³/mol. The summed E-state index contributed by atoms with van der Waals surface area (Å²) < 4.78 is 46.1. The van der Waals surface area contributed by atoms with Crippen molar-refractivity contribution in [2.24, 2.45) is 5.92 Å². The molecule has 6 nitrogen and oxygen atoms in total. The van der Waals surface area contributed by atoms with Crippen molar-refractivity contribution < 1.29 is 23.0 Å². The van der Waals surface area contributed by atoms with Gasteiger partial charge in [0, 0.05) is 35.3 Å². The Labute approximate surface area is 208 Å². The molecule has 1 aliphatic rings. The number of rotatable bonds is 14. The SMILES string of the molecule is CC(=N)/C(=C\NCC1CC1)C(O)/C(=C/C(=N)C(F)F)Nc1ccc(F)cc1COCc1ccccc1. The third-order valence-corrected chi connectivity index (χ3v) is 5.64. The lowest BCUT2D eigenvalue weighted by Crippen LogP contribution is -2.27. The van der Waals surface area contributed by atoms with Crippen LogP contribution in [0.4, 0.5) is 18.9 Å². The molecular formula is C27H31F3N4O2. The van der Waals surface area contributed by atoms with E-state index in [2.05, 4.69) is 10.6 Å². The van der Waals surface area contributed by atoms with Gasteiger partial charge in [0.05, 0.1) is 24.6 Å². The maximum absolute atomic E-state index is 14.0. The summed E-state index contributed by atoms with van der Waals surface area (Å²) in [6, 6.07) is 13.3. The van der Waals surface area contributed by atoms with Crippen molar-refractivity contribution in [1.29, 1.82) is 10.8 Å². The summed E-state index contributed by atoms with van der Waals surface area (Å²) in [4.78, 5) is 0. The summed E-state index contributed by atoms with van der Waals surface area (Å²) in [5, 5.41) is 32.7. The van der Waals surface area contributed by atoms with Gasteiger partial charge in [-0.3, -0.25) is 5.41 Å². The van der Waals surface area contributed by atoms with Gasteiger partial charge >= 0.3 is 0 Å². The Hall–Kier alpha value is -3.43. The predicted octanol–water partition coefficient (Wildman–Crippen LogP) is 5.41. The van der Waals surface area contributed by atoms with Gasteiger partial charge in [-0.25, -0.2) is 13.2 Å². The first kappa shape index (κ1) is 27.2. The monoisotopic (exact) mass is 500 g/mol. The number of ether oxygens (including phenoxy) is 1. The Kier molecular flexibility index (Phi) is 9.84. The van der Waals surface area contributed by atoms with E-state index in [1.54, 1.807) is 0 Å². The number of hydrogen-bond donors (Lipinski definition) is 5. The summed E-state index contributed by atoms with van der Waals surface area (Å²) in [5.41, 5.74) is 0.713. The number of aliphatic hydroxyl groups is 1. The van der Waals surface area contributed by atoms with Gasteiger partial charge in [-0.2, -0.15) is 0 Å². The number of anilines is 1. The van der Waals surface area contributed by atoms with Crippen molar-refractivity contribution in [2.45, 2.75) is 45.5 Å². The number of benzene rings is 2. The molecule has 2 aromatic rings. The number of alkyl halides is 2. The fourth-order valence-electron chi connectivity index (χ4n) is 3.44. The highest BCUT2D eigenvalue weighted by Gasteiger charge is 2.23. The molecule has 36 heavy (non-hydrogen) atoms. The van der Waals surface area contributed by atoms with Gasteiger partial charge in [0.15, 0.2) is 0 Å². The minimum Gasteiger partial charge on any atom is -0.390 e. The van der Waals surface area contributed by atoms with Gasteiger partial charge in [-0.05, 0) is 55.5 Å². The molecular weight excluding hydrogens is 469 g/mol. The van der Waals surface area contributed by atoms with Crippen LogP contribution in [0.1, 0.15) is 30.9 Å². The van der Waals surface area contributed by atoms with Crippen molar-refractivity contribution in [1.82, 2.24) is 5.32 Å². The van der Waals surface area contributed by atoms with Crippen LogP contribution in [-0.2, 0) is 18.0 Å². The topological polar surface area (TPSA) is 101 Å². The van der Waals surface area contributed by atoms with E-state index in [1.165, 1.54) is 31.3 Å². The number of aliphatic hydroxyl groups excluding tert-OH is 1. The summed E-state index contributed by atoms with van der Waals surface area (Å²) in [5.74, 6) is 0.0361. The van der Waals surface area contributed by atoms with Crippen molar-refractivity contribution in [3.05, 3.63) is 89.0 Å². The molecule has 0 heterocycles. The van der Waals surface area contributed by atoms with Crippen molar-refractivity contribution in [3.63, 3.8) is 0 Å². The van der Waals surface area contributed by atoms with Crippen LogP contribution in [0.3, 0.4) is 0 Å². The molecule has 1 aliphatic carbocycles. The van der Waals surface area contributed by atoms with Crippen LogP contribution >= 0.6 is 0 Å². The zero-order valence-electron chi connectivity index (χ0n) is 20.0. The third-order valence-electron chi connectivity index (χ3n) is 5.64. The van der Waals surface area contributed by atoms with E-state index in [4.69, 9.17) is 15.6 Å². The fraction of sp³-hybridized carbons (Fsp3) is 0.333. The molecule has 192 valence electrons. The number of halogens is 3. The largest absolute Gasteiger partial charge is 0.390 e. The molecule has 5 N–H and O–H groups in total. The van der Waals surface area contributed by atoms with Crippen LogP contribution in [0.2, 0.25) is 0 Å².